The van der Waals surface area contributed by atoms with Gasteiger partial charge in [-0.3, -0.25) is 9.80 Å². The molecule has 2 aromatic carbocycles. The van der Waals surface area contributed by atoms with E-state index in [1.54, 1.807) is 0 Å². The third-order valence-corrected chi connectivity index (χ3v) is 8.39. The average molecular weight is 452 g/mol. The minimum atomic E-state index is -2.83. The largest absolute Gasteiger partial charge is 0.441 e. The molecule has 168 valence electrons. The van der Waals surface area contributed by atoms with Crippen LogP contribution in [0, 0.1) is 6.92 Å². The van der Waals surface area contributed by atoms with Crippen molar-refractivity contribution in [3.8, 4) is 22.6 Å². The Morgan fingerprint density at radius 2 is 1.59 bits per heavy atom. The van der Waals surface area contributed by atoms with E-state index in [9.17, 15) is 8.42 Å². The van der Waals surface area contributed by atoms with Crippen LogP contribution in [-0.4, -0.2) is 66.9 Å². The van der Waals surface area contributed by atoms with Crippen molar-refractivity contribution in [2.24, 2.45) is 0 Å². The number of hydrogen-bond acceptors (Lipinski definition) is 6. The topological polar surface area (TPSA) is 66.7 Å². The monoisotopic (exact) mass is 451 g/mol. The molecular weight excluding hydrogens is 422 g/mol. The number of oxazole rings is 1. The van der Waals surface area contributed by atoms with Crippen molar-refractivity contribution < 1.29 is 12.8 Å². The molecule has 0 amide bonds. The van der Waals surface area contributed by atoms with Gasteiger partial charge in [0.2, 0.25) is 5.89 Å². The van der Waals surface area contributed by atoms with Crippen molar-refractivity contribution in [2.75, 3.05) is 37.7 Å². The smallest absolute Gasteiger partial charge is 0.226 e. The molecule has 32 heavy (non-hydrogen) atoms. The second-order valence-electron chi connectivity index (χ2n) is 8.83. The van der Waals surface area contributed by atoms with Gasteiger partial charge in [0, 0.05) is 44.3 Å². The number of aromatic nitrogens is 1. The number of aryl methyl sites for hydroxylation is 1. The molecule has 0 radical (unpaired) electrons. The lowest BCUT2D eigenvalue weighted by Gasteiger charge is -2.37. The Kier molecular flexibility index (Phi) is 5.88. The Morgan fingerprint density at radius 3 is 2.25 bits per heavy atom. The van der Waals surface area contributed by atoms with Crippen molar-refractivity contribution >= 4 is 9.84 Å². The van der Waals surface area contributed by atoms with Crippen LogP contribution in [0.25, 0.3) is 22.6 Å². The third kappa shape index (κ3) is 4.65. The van der Waals surface area contributed by atoms with Crippen LogP contribution < -0.4 is 0 Å². The maximum atomic E-state index is 11.8. The molecule has 3 heterocycles. The van der Waals surface area contributed by atoms with E-state index < -0.39 is 9.84 Å². The zero-order chi connectivity index (χ0) is 22.1. The number of sulfone groups is 1. The molecule has 5 rings (SSSR count). The molecule has 0 N–H and O–H groups in total. The first kappa shape index (κ1) is 21.4. The fourth-order valence-electron chi connectivity index (χ4n) is 4.70. The number of nitrogens with zero attached hydrogens (tertiary/aromatic N) is 3. The highest BCUT2D eigenvalue weighted by Gasteiger charge is 2.33. The summed E-state index contributed by atoms with van der Waals surface area (Å²) in [6, 6.07) is 18.8. The van der Waals surface area contributed by atoms with E-state index in [1.165, 1.54) is 11.1 Å². The number of benzene rings is 2. The van der Waals surface area contributed by atoms with Crippen molar-refractivity contribution in [2.45, 2.75) is 25.9 Å². The molecule has 2 fully saturated rings. The van der Waals surface area contributed by atoms with Crippen LogP contribution in [-0.2, 0) is 16.4 Å². The first-order chi connectivity index (χ1) is 15.5. The molecule has 1 aromatic heterocycles. The second-order valence-corrected chi connectivity index (χ2v) is 11.1. The summed E-state index contributed by atoms with van der Waals surface area (Å²) < 4.78 is 29.6. The minimum absolute atomic E-state index is 0.196. The Hall–Kier alpha value is -2.48. The van der Waals surface area contributed by atoms with Crippen LogP contribution in [0.4, 0.5) is 0 Å². The van der Waals surface area contributed by atoms with Gasteiger partial charge < -0.3 is 4.42 Å². The van der Waals surface area contributed by atoms with Crippen molar-refractivity contribution in [3.63, 3.8) is 0 Å². The van der Waals surface area contributed by atoms with E-state index in [1.807, 2.05) is 25.1 Å². The normalized spacial score (nSPS) is 21.7. The Bertz CT molecular complexity index is 1160. The average Bonchev–Trinajstić information content (AvgIpc) is 3.36. The van der Waals surface area contributed by atoms with E-state index >= 15 is 0 Å². The van der Waals surface area contributed by atoms with Gasteiger partial charge in [-0.25, -0.2) is 13.4 Å². The lowest BCUT2D eigenvalue weighted by molar-refractivity contribution is 0.0990. The molecule has 2 aliphatic heterocycles. The molecule has 0 spiro atoms. The maximum Gasteiger partial charge on any atom is 0.226 e. The highest BCUT2D eigenvalue weighted by molar-refractivity contribution is 7.91. The van der Waals surface area contributed by atoms with Gasteiger partial charge in [0.25, 0.3) is 0 Å². The standard InChI is InChI=1S/C25H29N3O3S/c1-19-24(17-27-12-14-28(15-13-27)23-11-16-32(29,30)18-23)26-25(31-19)22-9-7-21(8-10-22)20-5-3-2-4-6-20/h2-10,23H,11-18H2,1H3/t23-/m0/s1. The van der Waals surface area contributed by atoms with Gasteiger partial charge >= 0.3 is 0 Å². The SMILES string of the molecule is Cc1oc(-c2ccc(-c3ccccc3)cc2)nc1CN1CCN([C@H]2CCS(=O)(=O)C2)CC1. The summed E-state index contributed by atoms with van der Waals surface area (Å²) in [5.74, 6) is 2.18. The summed E-state index contributed by atoms with van der Waals surface area (Å²) in [6.45, 7) is 6.39. The van der Waals surface area contributed by atoms with Crippen molar-refractivity contribution in [3.05, 3.63) is 66.1 Å². The van der Waals surface area contributed by atoms with Gasteiger partial charge in [0.1, 0.15) is 5.76 Å². The molecule has 0 bridgehead atoms. The van der Waals surface area contributed by atoms with Gasteiger partial charge in [-0.05, 0) is 36.6 Å². The molecule has 2 saturated heterocycles. The highest BCUT2D eigenvalue weighted by atomic mass is 32.2. The molecule has 0 unspecified atom stereocenters. The van der Waals surface area contributed by atoms with Gasteiger partial charge in [0.05, 0.1) is 17.2 Å². The van der Waals surface area contributed by atoms with Crippen molar-refractivity contribution in [1.29, 1.82) is 0 Å². The lowest BCUT2D eigenvalue weighted by Crippen LogP contribution is -2.50. The molecule has 3 aromatic rings. The number of hydrogen-bond donors (Lipinski definition) is 0. The van der Waals surface area contributed by atoms with Crippen LogP contribution >= 0.6 is 0 Å². The van der Waals surface area contributed by atoms with Crippen molar-refractivity contribution in [1.82, 2.24) is 14.8 Å². The van der Waals surface area contributed by atoms with E-state index in [-0.39, 0.29) is 6.04 Å². The van der Waals surface area contributed by atoms with E-state index in [0.717, 1.165) is 56.2 Å². The summed E-state index contributed by atoms with van der Waals surface area (Å²) in [6.07, 6.45) is 0.775. The predicted molar refractivity (Wildman–Crippen MR) is 126 cm³/mol. The number of rotatable bonds is 5. The van der Waals surface area contributed by atoms with Crippen LogP contribution in [0.15, 0.2) is 59.0 Å². The van der Waals surface area contributed by atoms with Crippen LogP contribution in [0.1, 0.15) is 17.9 Å². The maximum absolute atomic E-state index is 11.8. The Morgan fingerprint density at radius 1 is 0.938 bits per heavy atom. The molecule has 1 atom stereocenters. The summed E-state index contributed by atoms with van der Waals surface area (Å²) >= 11 is 0. The van der Waals surface area contributed by atoms with Crippen LogP contribution in [0.5, 0.6) is 0 Å². The lowest BCUT2D eigenvalue weighted by atomic mass is 10.0. The fourth-order valence-corrected chi connectivity index (χ4v) is 6.46. The summed E-state index contributed by atoms with van der Waals surface area (Å²) in [5, 5.41) is 0. The minimum Gasteiger partial charge on any atom is -0.441 e. The molecule has 6 nitrogen and oxygen atoms in total. The summed E-state index contributed by atoms with van der Waals surface area (Å²) in [5.41, 5.74) is 4.32. The first-order valence-corrected chi connectivity index (χ1v) is 13.1. The summed E-state index contributed by atoms with van der Waals surface area (Å²) in [4.78, 5) is 9.52. The Balaban J connectivity index is 1.21. The molecule has 2 aliphatic rings. The Labute approximate surface area is 189 Å². The zero-order valence-corrected chi connectivity index (χ0v) is 19.2. The zero-order valence-electron chi connectivity index (χ0n) is 18.4. The second kappa shape index (κ2) is 8.81. The quantitative estimate of drug-likeness (QED) is 0.590. The summed E-state index contributed by atoms with van der Waals surface area (Å²) in [7, 11) is -2.83. The molecule has 7 heteroatoms. The molecule has 0 aliphatic carbocycles. The van der Waals surface area contributed by atoms with E-state index in [0.29, 0.717) is 17.4 Å². The van der Waals surface area contributed by atoms with E-state index in [2.05, 4.69) is 46.2 Å². The molecular formula is C25H29N3O3S. The fraction of sp³-hybridized carbons (Fsp3) is 0.400. The van der Waals surface area contributed by atoms with Gasteiger partial charge in [-0.1, -0.05) is 42.5 Å². The first-order valence-electron chi connectivity index (χ1n) is 11.3. The third-order valence-electron chi connectivity index (χ3n) is 6.64. The highest BCUT2D eigenvalue weighted by Crippen LogP contribution is 2.27. The number of piperazine rings is 1. The van der Waals surface area contributed by atoms with E-state index in [4.69, 9.17) is 9.40 Å². The van der Waals surface area contributed by atoms with Gasteiger partial charge in [-0.2, -0.15) is 0 Å². The van der Waals surface area contributed by atoms with Crippen LogP contribution in [0.3, 0.4) is 0 Å². The van der Waals surface area contributed by atoms with Crippen LogP contribution in [0.2, 0.25) is 0 Å². The predicted octanol–water partition coefficient (Wildman–Crippen LogP) is 3.62. The van der Waals surface area contributed by atoms with Gasteiger partial charge in [0.15, 0.2) is 9.84 Å². The van der Waals surface area contributed by atoms with Gasteiger partial charge in [-0.15, -0.1) is 0 Å². The molecule has 0 saturated carbocycles.